The summed E-state index contributed by atoms with van der Waals surface area (Å²) in [5.74, 6) is 2.99. The zero-order valence-electron chi connectivity index (χ0n) is 21.6. The van der Waals surface area contributed by atoms with Crippen molar-refractivity contribution in [2.45, 2.75) is 26.1 Å². The molecule has 0 radical (unpaired) electrons. The number of halogens is 1. The van der Waals surface area contributed by atoms with E-state index in [0.29, 0.717) is 45.7 Å². The summed E-state index contributed by atoms with van der Waals surface area (Å²) in [6.45, 7) is 3.65. The number of ether oxygens (including phenoxy) is 4. The van der Waals surface area contributed by atoms with Gasteiger partial charge in [0.25, 0.3) is 0 Å². The minimum absolute atomic E-state index is 0.0806. The first-order chi connectivity index (χ1) is 18.8. The number of methoxy groups -OCH3 is 1. The van der Waals surface area contributed by atoms with E-state index in [0.717, 1.165) is 0 Å². The third-order valence-corrected chi connectivity index (χ3v) is 5.62. The molecule has 0 unspecified atom stereocenters. The molecule has 2 aromatic carbocycles. The monoisotopic (exact) mass is 556 g/mol. The number of urea groups is 1. The fourth-order valence-electron chi connectivity index (χ4n) is 3.69. The van der Waals surface area contributed by atoms with E-state index in [1.807, 2.05) is 0 Å². The number of nitrogens with zero attached hydrogens (tertiary/aromatic N) is 1. The van der Waals surface area contributed by atoms with Crippen LogP contribution in [0.3, 0.4) is 0 Å². The molecule has 11 nitrogen and oxygen atoms in total. The van der Waals surface area contributed by atoms with Crippen molar-refractivity contribution in [1.29, 1.82) is 0 Å². The van der Waals surface area contributed by atoms with E-state index in [-0.39, 0.29) is 18.8 Å². The molecule has 4 N–H and O–H groups in total. The van der Waals surface area contributed by atoms with Crippen molar-refractivity contribution in [3.8, 4) is 29.6 Å². The summed E-state index contributed by atoms with van der Waals surface area (Å²) in [6.07, 6.45) is 5.50. The number of nitrogens with one attached hydrogen (secondary N) is 3. The summed E-state index contributed by atoms with van der Waals surface area (Å²) < 4.78 is 21.8. The third-order valence-electron chi connectivity index (χ3n) is 5.38. The standard InChI is InChI=1S/C27H29ClN4O7/c1-5-11-38-20-10-8-19(28)12-18(20)14-29-32-23(33)15-39-21-9-7-17(13-22(21)37-6-2)25-24(26(34)36-4)16(3)30-27(35)31-25/h1,7-10,12-14,23,25,32-33H,6,11,15H2,2-4H3,(H2,30,31,35)/b29-14+/t23-,25+/m0/s1. The summed E-state index contributed by atoms with van der Waals surface area (Å²) in [6, 6.07) is 8.71. The highest BCUT2D eigenvalue weighted by molar-refractivity contribution is 6.30. The number of hydrazone groups is 1. The number of carbonyl (C=O) groups excluding carboxylic acids is 2. The minimum Gasteiger partial charge on any atom is -0.490 e. The highest BCUT2D eigenvalue weighted by Gasteiger charge is 2.32. The van der Waals surface area contributed by atoms with Gasteiger partial charge in [-0.3, -0.25) is 5.43 Å². The molecule has 2 aromatic rings. The lowest BCUT2D eigenvalue weighted by molar-refractivity contribution is -0.136. The third kappa shape index (κ3) is 7.80. The summed E-state index contributed by atoms with van der Waals surface area (Å²) in [5.41, 5.74) is 4.35. The number of carbonyl (C=O) groups is 2. The van der Waals surface area contributed by atoms with E-state index in [4.69, 9.17) is 37.0 Å². The molecule has 2 amide bonds. The van der Waals surface area contributed by atoms with Gasteiger partial charge in [0.2, 0.25) is 0 Å². The van der Waals surface area contributed by atoms with Crippen LogP contribution in [0.15, 0.2) is 52.8 Å². The van der Waals surface area contributed by atoms with Crippen LogP contribution in [-0.2, 0) is 9.53 Å². The molecule has 1 aliphatic rings. The molecule has 206 valence electrons. The van der Waals surface area contributed by atoms with Crippen molar-refractivity contribution in [3.63, 3.8) is 0 Å². The molecule has 39 heavy (non-hydrogen) atoms. The zero-order chi connectivity index (χ0) is 28.4. The maximum Gasteiger partial charge on any atom is 0.337 e. The Labute approximate surface area is 231 Å². The van der Waals surface area contributed by atoms with E-state index < -0.39 is 24.3 Å². The van der Waals surface area contributed by atoms with E-state index in [2.05, 4.69) is 27.1 Å². The van der Waals surface area contributed by atoms with Gasteiger partial charge >= 0.3 is 12.0 Å². The molecule has 0 bridgehead atoms. The number of terminal acetylenes is 1. The highest BCUT2D eigenvalue weighted by atomic mass is 35.5. The van der Waals surface area contributed by atoms with E-state index in [9.17, 15) is 14.7 Å². The van der Waals surface area contributed by atoms with E-state index in [1.165, 1.54) is 13.3 Å². The normalized spacial score (nSPS) is 15.6. The molecule has 0 aliphatic carbocycles. The van der Waals surface area contributed by atoms with Gasteiger partial charge in [-0.1, -0.05) is 23.6 Å². The fourth-order valence-corrected chi connectivity index (χ4v) is 3.87. The second-order valence-electron chi connectivity index (χ2n) is 8.09. The number of hydrogen-bond donors (Lipinski definition) is 4. The number of amides is 2. The van der Waals surface area contributed by atoms with Crippen LogP contribution in [0, 0.1) is 12.3 Å². The van der Waals surface area contributed by atoms with Crippen LogP contribution in [-0.4, -0.2) is 56.5 Å². The Balaban J connectivity index is 1.70. The summed E-state index contributed by atoms with van der Waals surface area (Å²) in [4.78, 5) is 24.5. The Morgan fingerprint density at radius 2 is 2.00 bits per heavy atom. The predicted octanol–water partition coefficient (Wildman–Crippen LogP) is 2.87. The number of hydrogen-bond acceptors (Lipinski definition) is 9. The Kier molecular flexibility index (Phi) is 10.4. The lowest BCUT2D eigenvalue weighted by Crippen LogP contribution is -2.45. The number of benzene rings is 2. The Hall–Kier alpha value is -4.40. The average Bonchev–Trinajstić information content (AvgIpc) is 2.91. The number of aliphatic hydroxyl groups excluding tert-OH is 1. The van der Waals surface area contributed by atoms with Crippen LogP contribution < -0.4 is 30.3 Å². The van der Waals surface area contributed by atoms with Crippen LogP contribution in [0.25, 0.3) is 0 Å². The van der Waals surface area contributed by atoms with Crippen LogP contribution in [0.1, 0.15) is 31.0 Å². The molecular formula is C27H29ClN4O7. The summed E-state index contributed by atoms with van der Waals surface area (Å²) in [7, 11) is 1.27. The van der Waals surface area contributed by atoms with Crippen molar-refractivity contribution in [2.75, 3.05) is 26.9 Å². The van der Waals surface area contributed by atoms with Crippen LogP contribution in [0.2, 0.25) is 5.02 Å². The minimum atomic E-state index is -1.18. The number of esters is 1. The fraction of sp³-hybridized carbons (Fsp3) is 0.296. The quantitative estimate of drug-likeness (QED) is 0.103. The Bertz CT molecular complexity index is 1310. The Morgan fingerprint density at radius 3 is 2.72 bits per heavy atom. The molecule has 12 heteroatoms. The topological polar surface area (TPSA) is 140 Å². The van der Waals surface area contributed by atoms with Crippen molar-refractivity contribution in [2.24, 2.45) is 5.10 Å². The van der Waals surface area contributed by atoms with Gasteiger partial charge in [0.15, 0.2) is 17.7 Å². The second kappa shape index (κ2) is 13.9. The van der Waals surface area contributed by atoms with Gasteiger partial charge in [0, 0.05) is 16.3 Å². The Morgan fingerprint density at radius 1 is 1.23 bits per heavy atom. The molecule has 2 atom stereocenters. The van der Waals surface area contributed by atoms with Crippen LogP contribution in [0.4, 0.5) is 4.79 Å². The largest absolute Gasteiger partial charge is 0.490 e. The first kappa shape index (κ1) is 29.2. The van der Waals surface area contributed by atoms with Crippen molar-refractivity contribution in [1.82, 2.24) is 16.1 Å². The van der Waals surface area contributed by atoms with E-state index in [1.54, 1.807) is 50.2 Å². The molecule has 0 spiro atoms. The molecular weight excluding hydrogens is 528 g/mol. The smallest absolute Gasteiger partial charge is 0.337 e. The molecule has 0 fully saturated rings. The van der Waals surface area contributed by atoms with Gasteiger partial charge in [-0.25, -0.2) is 9.59 Å². The predicted molar refractivity (Wildman–Crippen MR) is 145 cm³/mol. The number of allylic oxidation sites excluding steroid dienone is 1. The lowest BCUT2D eigenvalue weighted by atomic mass is 9.95. The van der Waals surface area contributed by atoms with Gasteiger partial charge in [-0.2, -0.15) is 5.10 Å². The average molecular weight is 557 g/mol. The highest BCUT2D eigenvalue weighted by Crippen LogP contribution is 2.35. The molecule has 3 rings (SSSR count). The first-order valence-corrected chi connectivity index (χ1v) is 12.2. The van der Waals surface area contributed by atoms with Gasteiger partial charge in [0.05, 0.1) is 31.5 Å². The van der Waals surface area contributed by atoms with Crippen LogP contribution >= 0.6 is 11.6 Å². The van der Waals surface area contributed by atoms with Gasteiger partial charge in [-0.05, 0) is 49.7 Å². The van der Waals surface area contributed by atoms with Crippen LogP contribution in [0.5, 0.6) is 17.2 Å². The molecule has 1 heterocycles. The maximum absolute atomic E-state index is 12.4. The number of rotatable bonds is 12. The first-order valence-electron chi connectivity index (χ1n) is 11.9. The summed E-state index contributed by atoms with van der Waals surface area (Å²) >= 11 is 6.05. The lowest BCUT2D eigenvalue weighted by Gasteiger charge is -2.28. The molecule has 0 saturated heterocycles. The van der Waals surface area contributed by atoms with Gasteiger partial charge in [0.1, 0.15) is 19.0 Å². The van der Waals surface area contributed by atoms with Crippen molar-refractivity contribution >= 4 is 29.8 Å². The van der Waals surface area contributed by atoms with E-state index >= 15 is 0 Å². The molecule has 0 saturated carbocycles. The zero-order valence-corrected chi connectivity index (χ0v) is 22.4. The molecule has 1 aliphatic heterocycles. The van der Waals surface area contributed by atoms with Gasteiger partial charge < -0.3 is 34.7 Å². The maximum atomic E-state index is 12.4. The number of aliphatic hydroxyl groups is 1. The molecule has 0 aromatic heterocycles. The second-order valence-corrected chi connectivity index (χ2v) is 8.53. The SMILES string of the molecule is C#CCOc1ccc(Cl)cc1/C=N/N[C@@H](O)COc1ccc([C@H]2NC(=O)NC(C)=C2C(=O)OC)cc1OCC. The van der Waals surface area contributed by atoms with Crippen molar-refractivity contribution < 1.29 is 33.6 Å². The van der Waals surface area contributed by atoms with Gasteiger partial charge in [-0.15, -0.1) is 6.42 Å². The van der Waals surface area contributed by atoms with Crippen molar-refractivity contribution in [3.05, 3.63) is 63.8 Å². The summed E-state index contributed by atoms with van der Waals surface area (Å²) in [5, 5.41) is 20.1.